The summed E-state index contributed by atoms with van der Waals surface area (Å²) in [6.07, 6.45) is 0.342. The zero-order valence-electron chi connectivity index (χ0n) is 62.8. The van der Waals surface area contributed by atoms with Gasteiger partial charge < -0.3 is 65.4 Å². The number of morpholine rings is 2. The standard InChI is InChI=1S/C30H28F4N4O5S.C24H25BrFN5O6S.C24H26BrN3O5S/c1-3-43-29(41)24-22(14-38-7-8-42-15-23(38)28(39)40)36-26(27-35-6-9-44-27)37-25(24)20-5-4-19(31)13-21(20)17-10-16(2)11-18(12-17)30(32,33)34;1-2-37-24(35)19-16(11-31-6-7-36-12-17(31)22(34)28-10-18(32)33)29-21(23-27-5-8-38-23)30-20(19)14-4-3-13(26)9-15(14)25;1-3-33-24(32)19-18(10-13-9-14(29)11-16(13)23(30)31)27-21(22-26-6-7-34-22)28-20(19)15-5-4-12(2)8-17(15)25/h4-6,9-13,23,25H,3,7-8,14-15H2,1-2H3,(H,36,37)(H,39,40);3-5,8-9,17,20H,2,6-7,10-12H2,1H3,(H,28,34)(H,29,30)(H,32,33);4-8,13-14,16,20,29H,3,9-11H2,1-2H3,(H,27,28)(H,30,31)/t23-,25?;;/m0../s1. The first-order valence-electron chi connectivity index (χ1n) is 36.4. The van der Waals surface area contributed by atoms with Gasteiger partial charge in [0.25, 0.3) is 0 Å². The highest BCUT2D eigenvalue weighted by Crippen LogP contribution is 2.45. The maximum Gasteiger partial charge on any atom is 0.416 e. The number of hydrogen-bond acceptors (Lipinski definition) is 27. The first kappa shape index (κ1) is 86.9. The predicted molar refractivity (Wildman–Crippen MR) is 424 cm³/mol. The number of esters is 3. The number of carboxylic acids is 3. The Labute approximate surface area is 690 Å². The minimum absolute atomic E-state index is 0.00376. The fourth-order valence-electron chi connectivity index (χ4n) is 14.0. The van der Waals surface area contributed by atoms with Crippen LogP contribution in [-0.4, -0.2) is 202 Å². The molecule has 0 spiro atoms. The lowest BCUT2D eigenvalue weighted by molar-refractivity contribution is -0.149. The van der Waals surface area contributed by atoms with E-state index < -0.39 is 114 Å². The number of aryl methyl sites for hydroxylation is 2. The summed E-state index contributed by atoms with van der Waals surface area (Å²) in [6, 6.07) is 12.5. The van der Waals surface area contributed by atoms with Gasteiger partial charge in [-0.2, -0.15) is 13.2 Å². The molecule has 5 aliphatic heterocycles. The first-order chi connectivity index (χ1) is 55.5. The van der Waals surface area contributed by atoms with E-state index in [9.17, 15) is 70.8 Å². The molecule has 1 amide bonds. The molecule has 3 aromatic heterocycles. The molecule has 3 fully saturated rings. The molecule has 13 rings (SSSR count). The summed E-state index contributed by atoms with van der Waals surface area (Å²) in [5.41, 5.74) is 4.05. The van der Waals surface area contributed by atoms with Crippen LogP contribution in [0.3, 0.4) is 0 Å². The predicted octanol–water partition coefficient (Wildman–Crippen LogP) is 10.8. The van der Waals surface area contributed by atoms with Crippen molar-refractivity contribution in [1.29, 1.82) is 0 Å². The third kappa shape index (κ3) is 21.3. The number of nitrogens with one attached hydrogen (secondary N) is 4. The quantitative estimate of drug-likeness (QED) is 0.0158. The number of aliphatic imine (C=N–C) groups is 3. The lowest BCUT2D eigenvalue weighted by atomic mass is 9.87. The fourth-order valence-corrected chi connectivity index (χ4v) is 17.0. The van der Waals surface area contributed by atoms with Crippen molar-refractivity contribution in [3.8, 4) is 11.1 Å². The summed E-state index contributed by atoms with van der Waals surface area (Å²) in [7, 11) is 0. The van der Waals surface area contributed by atoms with Gasteiger partial charge in [-0.3, -0.25) is 44.0 Å². The Morgan fingerprint density at radius 3 is 1.52 bits per heavy atom. The number of thiazole rings is 3. The normalized spacial score (nSPS) is 21.1. The molecule has 614 valence electrons. The summed E-state index contributed by atoms with van der Waals surface area (Å²) in [6.45, 7) is 9.55. The van der Waals surface area contributed by atoms with E-state index in [-0.39, 0.29) is 117 Å². The van der Waals surface area contributed by atoms with Crippen LogP contribution in [0.2, 0.25) is 0 Å². The third-order valence-electron chi connectivity index (χ3n) is 19.2. The smallest absolute Gasteiger partial charge is 0.416 e. The Kier molecular flexibility index (Phi) is 29.5. The number of aliphatic hydroxyl groups excluding tert-OH is 1. The van der Waals surface area contributed by atoms with Crippen LogP contribution >= 0.6 is 65.9 Å². The number of aliphatic carboxylic acids is 3. The molecule has 28 nitrogen and oxygen atoms in total. The van der Waals surface area contributed by atoms with Crippen LogP contribution in [-0.2, 0) is 63.4 Å². The van der Waals surface area contributed by atoms with Crippen LogP contribution in [0.25, 0.3) is 11.1 Å². The molecule has 1 saturated carbocycles. The van der Waals surface area contributed by atoms with E-state index in [1.165, 1.54) is 65.2 Å². The number of alkyl halides is 3. The number of rotatable bonds is 24. The van der Waals surface area contributed by atoms with Crippen molar-refractivity contribution in [2.45, 2.75) is 96.4 Å². The third-order valence-corrected chi connectivity index (χ3v) is 22.9. The number of ether oxygens (including phenoxy) is 5. The van der Waals surface area contributed by atoms with Gasteiger partial charge >= 0.3 is 42.0 Å². The number of carbonyl (C=O) groups is 7. The van der Waals surface area contributed by atoms with Crippen LogP contribution in [0.5, 0.6) is 0 Å². The number of aliphatic hydroxyl groups is 1. The van der Waals surface area contributed by atoms with Gasteiger partial charge in [-0.1, -0.05) is 62.2 Å². The molecule has 7 unspecified atom stereocenters. The number of amides is 1. The lowest BCUT2D eigenvalue weighted by Crippen LogP contribution is -2.55. The number of nitrogens with zero attached hydrogens (tertiary/aromatic N) is 8. The van der Waals surface area contributed by atoms with Crippen molar-refractivity contribution in [3.05, 3.63) is 210 Å². The largest absolute Gasteiger partial charge is 0.481 e. The second kappa shape index (κ2) is 39.4. The Balaban J connectivity index is 0.000000173. The second-order valence-electron chi connectivity index (χ2n) is 27.0. The number of aromatic nitrogens is 3. The number of hydrogen-bond donors (Lipinski definition) is 8. The average molecular weight is 1790 g/mol. The van der Waals surface area contributed by atoms with Crippen molar-refractivity contribution in [1.82, 2.24) is 46.0 Å². The number of benzene rings is 4. The Morgan fingerprint density at radius 1 is 0.586 bits per heavy atom. The highest BCUT2D eigenvalue weighted by atomic mass is 79.9. The molecule has 2 saturated heterocycles. The van der Waals surface area contributed by atoms with E-state index >= 15 is 0 Å². The maximum absolute atomic E-state index is 14.8. The van der Waals surface area contributed by atoms with E-state index in [0.717, 1.165) is 39.9 Å². The maximum atomic E-state index is 14.8. The number of carboxylic acid groups (broad SMARTS) is 3. The van der Waals surface area contributed by atoms with Gasteiger partial charge in [0.1, 0.15) is 48.4 Å². The topological polar surface area (TPSA) is 377 Å². The fraction of sp³-hybridized carbons (Fsp3) is 0.372. The molecule has 0 bridgehead atoms. The van der Waals surface area contributed by atoms with Crippen LogP contribution < -0.4 is 21.3 Å². The monoisotopic (exact) mass is 1790 g/mol. The Hall–Kier alpha value is -9.90. The molecule has 8 N–H and O–H groups in total. The molecular weight excluding hydrogens is 1710 g/mol. The van der Waals surface area contributed by atoms with Gasteiger partial charge in [0, 0.05) is 86.9 Å². The van der Waals surface area contributed by atoms with Gasteiger partial charge in [0.2, 0.25) is 5.91 Å². The van der Waals surface area contributed by atoms with Crippen LogP contribution in [0.15, 0.2) is 165 Å². The minimum Gasteiger partial charge on any atom is -0.481 e. The van der Waals surface area contributed by atoms with E-state index in [1.807, 2.05) is 30.5 Å². The van der Waals surface area contributed by atoms with E-state index in [0.29, 0.717) is 78.8 Å². The average Bonchev–Trinajstić information content (AvgIpc) is 0.951. The summed E-state index contributed by atoms with van der Waals surface area (Å²) >= 11 is 11.0. The zero-order valence-corrected chi connectivity index (χ0v) is 68.4. The molecule has 8 heterocycles. The number of halogens is 7. The molecule has 116 heavy (non-hydrogen) atoms. The number of carbonyl (C=O) groups excluding carboxylic acids is 4. The molecule has 4 aromatic carbocycles. The van der Waals surface area contributed by atoms with Gasteiger partial charge in [0.05, 0.1) is 80.6 Å². The molecule has 38 heteroatoms. The highest BCUT2D eigenvalue weighted by Gasteiger charge is 2.44. The van der Waals surface area contributed by atoms with E-state index in [2.05, 4.69) is 68.1 Å². The van der Waals surface area contributed by atoms with E-state index in [4.69, 9.17) is 43.8 Å². The summed E-state index contributed by atoms with van der Waals surface area (Å²) in [4.78, 5) is 119. The van der Waals surface area contributed by atoms with Crippen molar-refractivity contribution in [2.75, 3.05) is 79.0 Å². The first-order valence-corrected chi connectivity index (χ1v) is 40.7. The van der Waals surface area contributed by atoms with Crippen LogP contribution in [0.1, 0.15) is 107 Å². The van der Waals surface area contributed by atoms with Crippen molar-refractivity contribution < 1.29 is 99.6 Å². The SMILES string of the molecule is CCOC(=O)C1=C(CC2CC(O)CC2C(=O)O)NC(c2nccs2)=NC1c1ccc(C)cc1Br.CCOC(=O)C1=C(CN2CCOCC2C(=O)NCC(=O)O)NC(c2nccs2)=NC1c1ccc(F)cc1Br.CCOC(=O)C1=C(CN2CCOC[C@H]2C(=O)O)NC(c2nccs2)=NC1c1ccc(F)cc1-c1cc(C)cc(C(F)(F)F)c1. The molecule has 0 radical (unpaired) electrons. The molecule has 6 aliphatic rings. The minimum atomic E-state index is -4.65. The highest BCUT2D eigenvalue weighted by molar-refractivity contribution is 9.10. The number of amidine groups is 3. The van der Waals surface area contributed by atoms with Gasteiger partial charge in [-0.05, 0) is 141 Å². The Bertz CT molecular complexity index is 5010. The zero-order chi connectivity index (χ0) is 83.2. The summed E-state index contributed by atoms with van der Waals surface area (Å²) in [5, 5.41) is 57.7. The Morgan fingerprint density at radius 2 is 1.05 bits per heavy atom. The number of allylic oxidation sites excluding steroid dienone is 1. The molecule has 7 aromatic rings. The van der Waals surface area contributed by atoms with Crippen LogP contribution in [0, 0.1) is 37.3 Å². The molecule has 8 atom stereocenters. The lowest BCUT2D eigenvalue weighted by Gasteiger charge is -2.36. The second-order valence-corrected chi connectivity index (χ2v) is 31.4. The van der Waals surface area contributed by atoms with E-state index in [1.54, 1.807) is 66.0 Å². The van der Waals surface area contributed by atoms with Crippen molar-refractivity contribution in [3.63, 3.8) is 0 Å². The van der Waals surface area contributed by atoms with Crippen molar-refractivity contribution in [2.24, 2.45) is 26.8 Å². The van der Waals surface area contributed by atoms with Crippen LogP contribution in [0.4, 0.5) is 22.0 Å². The van der Waals surface area contributed by atoms with Gasteiger partial charge in [-0.15, -0.1) is 34.0 Å². The van der Waals surface area contributed by atoms with Crippen molar-refractivity contribution >= 4 is 125 Å². The molecular formula is C78H79Br2F5N12O16S3. The molecule has 1 aliphatic carbocycles. The van der Waals surface area contributed by atoms with Gasteiger partial charge in [0.15, 0.2) is 32.5 Å². The summed E-state index contributed by atoms with van der Waals surface area (Å²) < 4.78 is 98.3. The van der Waals surface area contributed by atoms with Gasteiger partial charge in [-0.25, -0.2) is 38.1 Å². The summed E-state index contributed by atoms with van der Waals surface area (Å²) in [5.74, 6) is -6.61.